The van der Waals surface area contributed by atoms with E-state index in [-0.39, 0.29) is 117 Å². The number of hydrogen-bond acceptors (Lipinski definition) is 7. The van der Waals surface area contributed by atoms with Gasteiger partial charge >= 0.3 is 5.97 Å². The molecule has 0 saturated heterocycles. The maximum absolute atomic E-state index is 11.5. The van der Waals surface area contributed by atoms with Gasteiger partial charge in [0.25, 0.3) is 0 Å². The van der Waals surface area contributed by atoms with Gasteiger partial charge in [-0.15, -0.1) is 0 Å². The highest BCUT2D eigenvalue weighted by molar-refractivity contribution is 6.09. The fourth-order valence-electron chi connectivity index (χ4n) is 28.2. The van der Waals surface area contributed by atoms with Crippen molar-refractivity contribution in [2.75, 3.05) is 80.1 Å². The van der Waals surface area contributed by atoms with E-state index in [0.717, 1.165) is 74.4 Å². The molecule has 14 aliphatic rings. The molecule has 1 N–H and O–H groups in total. The summed E-state index contributed by atoms with van der Waals surface area (Å²) in [6.07, 6.45) is 48.7. The molecule has 0 amide bonds. The minimum absolute atomic E-state index is 0. The second kappa shape index (κ2) is 42.8. The Morgan fingerprint density at radius 1 is 0.387 bits per heavy atom. The lowest BCUT2D eigenvalue weighted by Crippen LogP contribution is -3.00. The Balaban J connectivity index is 0.000000131. The van der Waals surface area contributed by atoms with Gasteiger partial charge in [0.05, 0.1) is 35.9 Å². The van der Waals surface area contributed by atoms with Crippen LogP contribution < -0.4 is 118 Å². The first-order chi connectivity index (χ1) is 64.9. The summed E-state index contributed by atoms with van der Waals surface area (Å²) < 4.78 is 20.7. The molecule has 9 aromatic rings. The van der Waals surface area contributed by atoms with Gasteiger partial charge in [-0.05, 0) is 293 Å². The summed E-state index contributed by atoms with van der Waals surface area (Å²) in [5, 5.41) is 9.47. The monoisotopic (exact) mass is 2230 g/mol. The number of benzene rings is 9. The molecule has 8 atom stereocenters. The normalized spacial score (nSPS) is 23.1. The number of halogens is 4. The van der Waals surface area contributed by atoms with Crippen molar-refractivity contribution >= 4 is 104 Å². The molecule has 2 spiro atoms. The Bertz CT molecular complexity index is 6220. The van der Waals surface area contributed by atoms with Crippen molar-refractivity contribution in [1.29, 1.82) is 0 Å². The van der Waals surface area contributed by atoms with Gasteiger partial charge in [-0.3, -0.25) is 4.79 Å². The van der Waals surface area contributed by atoms with E-state index < -0.39 is 5.97 Å². The number of rotatable bonds is 20. The number of anilines is 5. The van der Waals surface area contributed by atoms with Crippen LogP contribution >= 0.6 is 0 Å². The predicted molar refractivity (Wildman–Crippen MR) is 554 cm³/mol. The Kier molecular flexibility index (Phi) is 31.7. The van der Waals surface area contributed by atoms with Gasteiger partial charge in [0.2, 0.25) is 22.7 Å². The first-order valence-corrected chi connectivity index (χ1v) is 51.6. The summed E-state index contributed by atoms with van der Waals surface area (Å²) in [5.74, 6) is 3.93. The molecule has 8 aliphatic heterocycles. The third kappa shape index (κ3) is 18.3. The zero-order chi connectivity index (χ0) is 91.6. The van der Waals surface area contributed by atoms with E-state index in [1.54, 1.807) is 25.3 Å². The number of methoxy groups -OCH3 is 2. The number of para-hydroxylation sites is 3. The maximum atomic E-state index is 11.5. The van der Waals surface area contributed by atoms with Crippen molar-refractivity contribution in [2.45, 2.75) is 286 Å². The van der Waals surface area contributed by atoms with Gasteiger partial charge in [-0.2, -0.15) is 18.3 Å². The number of hydrogen-bond donors (Lipinski definition) is 1. The van der Waals surface area contributed by atoms with Crippen LogP contribution in [0.3, 0.4) is 0 Å². The fraction of sp³-hybridized carbons (Fsp3) is 0.446. The van der Waals surface area contributed by atoms with Gasteiger partial charge in [0.15, 0.2) is 29.4 Å². The zero-order valence-corrected chi connectivity index (χ0v) is 91.2. The maximum Gasteiger partial charge on any atom is 0.309 e. The minimum Gasteiger partial charge on any atom is -1.00 e. The SMILES string of the molecule is CCCN1c2ccc(/C=C/C3=[N+](CC)c4ccccc4C3(C)C)cc2C2CCCC21.CCN1c2ccc(/C=C/C3=[N+](CC)c4ccc(OC)cc4C34CCCCC4)cc2C2CCCC21.CCN1c2ccc(/C=C/C3=[N+](CCC(=O)O)c4ccccc4C34CCCCC4)cc2C2CCCC21.COc1ccc(N2c3ccc(/C=C/C4=[N+](C)c5ccccc5C4(C)C)cc3C3CCCC32)cc1.[Br-].[I-].[I-].[I-]. The number of carboxylic acids is 1. The van der Waals surface area contributed by atoms with Crippen molar-refractivity contribution < 1.29 is 127 Å². The van der Waals surface area contributed by atoms with Crippen molar-refractivity contribution in [2.24, 2.45) is 0 Å². The lowest BCUT2D eigenvalue weighted by atomic mass is 9.67. The van der Waals surface area contributed by atoms with Crippen LogP contribution in [0.5, 0.6) is 11.5 Å². The van der Waals surface area contributed by atoms with Gasteiger partial charge in [0.1, 0.15) is 38.1 Å². The highest BCUT2D eigenvalue weighted by atomic mass is 127. The molecular formula is C121H144BrI3N8O4. The summed E-state index contributed by atoms with van der Waals surface area (Å²) in [5.41, 5.74) is 35.2. The molecule has 0 radical (unpaired) electrons. The van der Waals surface area contributed by atoms with Gasteiger partial charge in [-0.1, -0.05) is 150 Å². The molecule has 6 aliphatic carbocycles. The molecule has 16 heteroatoms. The number of carbonyl (C=O) groups is 1. The largest absolute Gasteiger partial charge is 1.00 e. The highest BCUT2D eigenvalue weighted by Gasteiger charge is 2.55. The van der Waals surface area contributed by atoms with Crippen LogP contribution in [-0.2, 0) is 26.5 Å². The molecule has 0 aromatic heterocycles. The molecule has 137 heavy (non-hydrogen) atoms. The van der Waals surface area contributed by atoms with Crippen molar-refractivity contribution in [1.82, 2.24) is 0 Å². The van der Waals surface area contributed by atoms with E-state index in [1.165, 1.54) is 271 Å². The van der Waals surface area contributed by atoms with Crippen LogP contribution in [-0.4, -0.2) is 137 Å². The Hall–Kier alpha value is -8.44. The summed E-state index contributed by atoms with van der Waals surface area (Å²) in [7, 11) is 5.70. The number of aliphatic carboxylic acids is 1. The Morgan fingerprint density at radius 2 is 0.766 bits per heavy atom. The molecule has 6 fully saturated rings. The predicted octanol–water partition coefficient (Wildman–Crippen LogP) is 15.7. The van der Waals surface area contributed by atoms with Gasteiger partial charge in [0, 0.05) is 167 Å². The first kappa shape index (κ1) is 102. The van der Waals surface area contributed by atoms with E-state index in [0.29, 0.717) is 30.5 Å². The molecule has 12 nitrogen and oxygen atoms in total. The van der Waals surface area contributed by atoms with Crippen LogP contribution in [0.2, 0.25) is 0 Å². The number of carboxylic acid groups (broad SMARTS) is 1. The lowest BCUT2D eigenvalue weighted by Gasteiger charge is -2.31. The summed E-state index contributed by atoms with van der Waals surface area (Å²) in [4.78, 5) is 22.1. The zero-order valence-electron chi connectivity index (χ0n) is 83.1. The second-order valence-electron chi connectivity index (χ2n) is 41.7. The van der Waals surface area contributed by atoms with Crippen molar-refractivity contribution in [3.63, 3.8) is 0 Å². The molecule has 8 heterocycles. The molecule has 8 unspecified atom stereocenters. The summed E-state index contributed by atoms with van der Waals surface area (Å²) in [6, 6.07) is 72.9. The van der Waals surface area contributed by atoms with Crippen LogP contribution in [0.4, 0.5) is 51.2 Å². The van der Waals surface area contributed by atoms with E-state index in [1.807, 2.05) is 0 Å². The number of allylic oxidation sites excluding steroid dienone is 4. The van der Waals surface area contributed by atoms with Crippen LogP contribution in [0.15, 0.2) is 212 Å². The second-order valence-corrected chi connectivity index (χ2v) is 41.7. The molecule has 720 valence electrons. The van der Waals surface area contributed by atoms with E-state index in [4.69, 9.17) is 9.47 Å². The van der Waals surface area contributed by atoms with Gasteiger partial charge < -0.3 is 123 Å². The molecule has 0 bridgehead atoms. The highest BCUT2D eigenvalue weighted by Crippen LogP contribution is 2.58. The summed E-state index contributed by atoms with van der Waals surface area (Å²) in [6.45, 7) is 26.7. The van der Waals surface area contributed by atoms with E-state index in [9.17, 15) is 9.90 Å². The Morgan fingerprint density at radius 3 is 1.24 bits per heavy atom. The average molecular weight is 2240 g/mol. The topological polar surface area (TPSA) is 80.8 Å². The van der Waals surface area contributed by atoms with E-state index >= 15 is 0 Å². The van der Waals surface area contributed by atoms with Crippen molar-refractivity contribution in [3.8, 4) is 11.5 Å². The first-order valence-electron chi connectivity index (χ1n) is 51.6. The molecule has 6 saturated carbocycles. The summed E-state index contributed by atoms with van der Waals surface area (Å²) >= 11 is 0. The molecular weight excluding hydrogens is 2090 g/mol. The molecule has 9 aromatic carbocycles. The number of nitrogens with zero attached hydrogens (tertiary/aromatic N) is 8. The average Bonchev–Trinajstić information content (AvgIpc) is 1.56. The lowest BCUT2D eigenvalue weighted by molar-refractivity contribution is -0.436. The Labute approximate surface area is 879 Å². The van der Waals surface area contributed by atoms with Crippen LogP contribution in [0.1, 0.15) is 307 Å². The van der Waals surface area contributed by atoms with E-state index in [2.05, 4.69) is 344 Å². The third-order valence-corrected chi connectivity index (χ3v) is 34.3. The van der Waals surface area contributed by atoms with Crippen LogP contribution in [0, 0.1) is 0 Å². The number of likely N-dealkylation sites (N-methyl/N-ethyl adjacent to an activating group) is 2. The molecule has 23 rings (SSSR count). The fourth-order valence-corrected chi connectivity index (χ4v) is 28.2. The number of fused-ring (bicyclic) bond motifs is 18. The van der Waals surface area contributed by atoms with Crippen LogP contribution in [0.25, 0.3) is 24.3 Å². The third-order valence-electron chi connectivity index (χ3n) is 34.3. The van der Waals surface area contributed by atoms with Gasteiger partial charge in [-0.25, -0.2) is 0 Å². The number of ether oxygens (including phenoxy) is 2. The standard InChI is InChI=1S/C31H36N2O2.C31H33N2O.C31H39N2O.C28H35N2.BrH.3HI/c1-2-32-26-12-8-9-23(26)24-21-22(13-15-27(24)32)14-16-29-31(18-6-3-7-19-31)25-10-4-5-11-28(25)33(29)20-17-30(34)35;1-31(2)26-9-5-6-10-29(26)32(3)30(31)19-13-21-12-18-28-25(20-21)24-8-7-11-27(24)33(28)22-14-16-23(34-4)17-15-22;1-4-32-27-11-9-10-24(27)25-20-22(12-15-28(25)32)13-17-30-31(18-7-6-8-19-31)26-21-23(34-3)14-16-29(26)33(30)5-2;1-5-18-30-24-13-9-10-21(24)22-19-20(14-16-25(22)30)15-17-27-28(3,4)23-11-7-8-12-26(23)29(27)6-2;;;;/h4-5,10-11,13-16,21,23,26H,2-3,6-9,12,17-20H2,1H3;5-6,9-10,12-20,24,27H,7-8,11H2,1-4H3;12-17,20-21,24,27H,4-11,18-19H2,1-3H3;7-8,11-12,14-17,19,21,24H,5-6,9-10,13,18H2,1-4H3;4*1H/q;3*+1;;;;/p-3. The van der Waals surface area contributed by atoms with Crippen molar-refractivity contribution in [3.05, 3.63) is 279 Å². The minimum atomic E-state index is -0.736. The smallest absolute Gasteiger partial charge is 0.309 e. The quantitative estimate of drug-likeness (QED) is 0.0597.